The van der Waals surface area contributed by atoms with Crippen molar-refractivity contribution in [1.82, 2.24) is 5.06 Å². The zero-order valence-electron chi connectivity index (χ0n) is 17.7. The van der Waals surface area contributed by atoms with E-state index in [2.05, 4.69) is 15.9 Å². The number of amides is 2. The van der Waals surface area contributed by atoms with Gasteiger partial charge in [-0.25, -0.2) is 4.90 Å². The summed E-state index contributed by atoms with van der Waals surface area (Å²) in [6.07, 6.45) is 0.0855. The van der Waals surface area contributed by atoms with E-state index in [9.17, 15) is 14.7 Å². The van der Waals surface area contributed by atoms with Gasteiger partial charge >= 0.3 is 0 Å². The molecule has 0 bridgehead atoms. The van der Waals surface area contributed by atoms with Gasteiger partial charge in [0.05, 0.1) is 28.2 Å². The fourth-order valence-corrected chi connectivity index (χ4v) is 5.00. The second kappa shape index (κ2) is 9.07. The molecule has 174 valence electrons. The third-order valence-electron chi connectivity index (χ3n) is 6.10. The molecule has 3 unspecified atom stereocenters. The third kappa shape index (κ3) is 4.17. The Morgan fingerprint density at radius 2 is 1.65 bits per heavy atom. The van der Waals surface area contributed by atoms with Crippen LogP contribution in [0.5, 0.6) is 0 Å². The number of hydroxylamine groups is 2. The van der Waals surface area contributed by atoms with Gasteiger partial charge in [-0.1, -0.05) is 81.6 Å². The fourth-order valence-electron chi connectivity index (χ4n) is 4.44. The highest BCUT2D eigenvalue weighted by Gasteiger charge is 2.54. The van der Waals surface area contributed by atoms with Crippen LogP contribution in [0.2, 0.25) is 10.0 Å². The van der Waals surface area contributed by atoms with E-state index in [0.29, 0.717) is 16.3 Å². The topological polar surface area (TPSA) is 70.1 Å². The molecule has 3 atom stereocenters. The largest absolute Gasteiger partial charge is 0.361 e. The Morgan fingerprint density at radius 1 is 0.941 bits per heavy atom. The third-order valence-corrected chi connectivity index (χ3v) is 7.37. The lowest BCUT2D eigenvalue weighted by atomic mass is 9.94. The van der Waals surface area contributed by atoms with Crippen LogP contribution in [0.25, 0.3) is 0 Å². The van der Waals surface area contributed by atoms with Crippen molar-refractivity contribution in [2.75, 3.05) is 4.90 Å². The highest BCUT2D eigenvalue weighted by Crippen LogP contribution is 2.47. The second-order valence-corrected chi connectivity index (χ2v) is 9.99. The highest BCUT2D eigenvalue weighted by molar-refractivity contribution is 9.10. The van der Waals surface area contributed by atoms with Gasteiger partial charge in [-0.15, -0.1) is 0 Å². The molecule has 0 aromatic heterocycles. The molecule has 5 rings (SSSR count). The summed E-state index contributed by atoms with van der Waals surface area (Å²) in [4.78, 5) is 33.6. The molecule has 0 radical (unpaired) electrons. The van der Waals surface area contributed by atoms with E-state index >= 15 is 0 Å². The van der Waals surface area contributed by atoms with E-state index in [1.807, 2.05) is 42.5 Å². The molecule has 3 aromatic rings. The lowest BCUT2D eigenvalue weighted by Crippen LogP contribution is -2.42. The summed E-state index contributed by atoms with van der Waals surface area (Å²) >= 11 is 15.5. The first-order valence-electron chi connectivity index (χ1n) is 10.6. The molecule has 1 N–H and O–H groups in total. The minimum absolute atomic E-state index is 0.0984. The van der Waals surface area contributed by atoms with Crippen molar-refractivity contribution in [3.63, 3.8) is 0 Å². The Hall–Kier alpha value is -2.26. The zero-order valence-corrected chi connectivity index (χ0v) is 20.8. The van der Waals surface area contributed by atoms with Crippen molar-refractivity contribution in [3.8, 4) is 0 Å². The number of hydrogen-bond donors (Lipinski definition) is 1. The van der Waals surface area contributed by atoms with Gasteiger partial charge in [0, 0.05) is 16.5 Å². The molecule has 9 heteroatoms. The molecule has 3 aromatic carbocycles. The van der Waals surface area contributed by atoms with Crippen molar-refractivity contribution in [2.45, 2.75) is 30.7 Å². The number of carbonyl (C=O) groups is 2. The van der Waals surface area contributed by atoms with Crippen LogP contribution in [0.4, 0.5) is 5.69 Å². The Labute approximate surface area is 214 Å². The number of aliphatic hydroxyl groups is 1. The smallest absolute Gasteiger partial charge is 0.254 e. The van der Waals surface area contributed by atoms with Gasteiger partial charge < -0.3 is 5.11 Å². The number of anilines is 1. The van der Waals surface area contributed by atoms with Crippen LogP contribution in [-0.2, 0) is 20.2 Å². The van der Waals surface area contributed by atoms with Crippen LogP contribution in [0.15, 0.2) is 77.3 Å². The molecule has 2 heterocycles. The van der Waals surface area contributed by atoms with Gasteiger partial charge in [0.2, 0.25) is 11.7 Å². The molecular weight excluding hydrogens is 543 g/mol. The molecule has 0 spiro atoms. The Morgan fingerprint density at radius 3 is 2.32 bits per heavy atom. The summed E-state index contributed by atoms with van der Waals surface area (Å²) in [5.41, 5.74) is 1.76. The Bertz CT molecular complexity index is 1260. The first-order valence-corrected chi connectivity index (χ1v) is 12.1. The molecule has 2 fully saturated rings. The van der Waals surface area contributed by atoms with Crippen molar-refractivity contribution in [1.29, 1.82) is 0 Å². The number of hydrogen-bond acceptors (Lipinski definition) is 5. The van der Waals surface area contributed by atoms with E-state index < -0.39 is 23.8 Å². The standard InChI is InChI=1S/C25H19BrCl2N2O4/c26-17-8-6-16(7-9-17)25(33)14-22(15-4-2-1-3-5-15)30(34-25)21-13-23(31)29(24(21)32)18-10-11-19(27)20(28)12-18/h1-12,21-22,33H,13-14H2. The quantitative estimate of drug-likeness (QED) is 0.419. The molecule has 2 aliphatic heterocycles. The van der Waals surface area contributed by atoms with E-state index in [0.717, 1.165) is 14.9 Å². The number of carbonyl (C=O) groups excluding carboxylic acids is 2. The lowest BCUT2D eigenvalue weighted by molar-refractivity contribution is -0.303. The maximum Gasteiger partial charge on any atom is 0.254 e. The summed E-state index contributed by atoms with van der Waals surface area (Å²) in [7, 11) is 0. The summed E-state index contributed by atoms with van der Waals surface area (Å²) < 4.78 is 0.864. The summed E-state index contributed by atoms with van der Waals surface area (Å²) in [5.74, 6) is -2.51. The summed E-state index contributed by atoms with van der Waals surface area (Å²) in [6.45, 7) is 0. The van der Waals surface area contributed by atoms with Crippen molar-refractivity contribution in [2.24, 2.45) is 0 Å². The zero-order chi connectivity index (χ0) is 24.0. The van der Waals surface area contributed by atoms with E-state index in [4.69, 9.17) is 28.0 Å². The summed E-state index contributed by atoms with van der Waals surface area (Å²) in [6, 6.07) is 19.9. The van der Waals surface area contributed by atoms with Gasteiger partial charge in [-0.3, -0.25) is 14.4 Å². The van der Waals surface area contributed by atoms with E-state index in [1.54, 1.807) is 24.3 Å². The fraction of sp³-hybridized carbons (Fsp3) is 0.200. The molecule has 34 heavy (non-hydrogen) atoms. The van der Waals surface area contributed by atoms with Crippen LogP contribution in [0.1, 0.15) is 30.0 Å². The van der Waals surface area contributed by atoms with Gasteiger partial charge in [-0.2, -0.15) is 5.06 Å². The van der Waals surface area contributed by atoms with Crippen LogP contribution in [0, 0.1) is 0 Å². The minimum Gasteiger partial charge on any atom is -0.361 e. The molecule has 0 saturated carbocycles. The first-order chi connectivity index (χ1) is 16.3. The van der Waals surface area contributed by atoms with Gasteiger partial charge in [0.25, 0.3) is 5.91 Å². The average molecular weight is 562 g/mol. The van der Waals surface area contributed by atoms with Gasteiger partial charge in [0.1, 0.15) is 6.04 Å². The number of rotatable bonds is 4. The number of benzene rings is 3. The second-order valence-electron chi connectivity index (χ2n) is 8.26. The lowest BCUT2D eigenvalue weighted by Gasteiger charge is -2.28. The van der Waals surface area contributed by atoms with Crippen molar-refractivity contribution >= 4 is 56.6 Å². The van der Waals surface area contributed by atoms with Crippen LogP contribution in [-0.4, -0.2) is 28.0 Å². The predicted octanol–water partition coefficient (Wildman–Crippen LogP) is 5.61. The van der Waals surface area contributed by atoms with Crippen LogP contribution >= 0.6 is 39.1 Å². The molecule has 2 amide bonds. The van der Waals surface area contributed by atoms with Crippen LogP contribution in [0.3, 0.4) is 0 Å². The van der Waals surface area contributed by atoms with Crippen LogP contribution < -0.4 is 4.90 Å². The molecule has 6 nitrogen and oxygen atoms in total. The number of halogens is 3. The minimum atomic E-state index is -1.67. The Kier molecular flexibility index (Phi) is 6.27. The highest BCUT2D eigenvalue weighted by atomic mass is 79.9. The van der Waals surface area contributed by atoms with Gasteiger partial charge in [0.15, 0.2) is 0 Å². The molecular formula is C25H19BrCl2N2O4. The first kappa shape index (κ1) is 23.5. The molecule has 0 aliphatic carbocycles. The number of imide groups is 1. The Balaban J connectivity index is 1.51. The van der Waals surface area contributed by atoms with E-state index in [1.165, 1.54) is 11.1 Å². The van der Waals surface area contributed by atoms with Crippen molar-refractivity contribution in [3.05, 3.63) is 98.4 Å². The molecule has 2 aliphatic rings. The van der Waals surface area contributed by atoms with Crippen molar-refractivity contribution < 1.29 is 19.5 Å². The average Bonchev–Trinajstić information content (AvgIpc) is 3.33. The van der Waals surface area contributed by atoms with E-state index in [-0.39, 0.29) is 23.8 Å². The molecule has 2 saturated heterocycles. The van der Waals surface area contributed by atoms with Gasteiger partial charge in [-0.05, 0) is 35.9 Å². The normalized spacial score (nSPS) is 25.4. The summed E-state index contributed by atoms with van der Waals surface area (Å²) in [5, 5.41) is 13.5. The monoisotopic (exact) mass is 560 g/mol. The number of nitrogens with zero attached hydrogens (tertiary/aromatic N) is 2. The predicted molar refractivity (Wildman–Crippen MR) is 132 cm³/mol. The maximum atomic E-state index is 13.5. The maximum absolute atomic E-state index is 13.5. The SMILES string of the molecule is O=C1CC(N2OC(O)(c3ccc(Br)cc3)CC2c2ccccc2)C(=O)N1c1ccc(Cl)c(Cl)c1.